The topological polar surface area (TPSA) is 72.0 Å². The average molecular weight is 227 g/mol. The molecule has 0 aromatic carbocycles. The van der Waals surface area contributed by atoms with Gasteiger partial charge in [0, 0.05) is 10.8 Å². The highest BCUT2D eigenvalue weighted by Crippen LogP contribution is 2.13. The first-order valence-corrected chi connectivity index (χ1v) is 5.33. The lowest BCUT2D eigenvalue weighted by Gasteiger charge is -2.16. The maximum absolute atomic E-state index is 11.5. The van der Waals surface area contributed by atoms with Gasteiger partial charge in [0.15, 0.2) is 11.5 Å². The molecule has 15 heavy (non-hydrogen) atoms. The highest BCUT2D eigenvalue weighted by atomic mass is 32.1. The van der Waals surface area contributed by atoms with Crippen LogP contribution in [0.15, 0.2) is 5.38 Å². The molecule has 0 fully saturated rings. The van der Waals surface area contributed by atoms with Gasteiger partial charge in [-0.3, -0.25) is 9.59 Å². The molecule has 5 nitrogen and oxygen atoms in total. The van der Waals surface area contributed by atoms with Crippen LogP contribution in [0.25, 0.3) is 0 Å². The third kappa shape index (κ3) is 3.39. The van der Waals surface area contributed by atoms with Crippen molar-refractivity contribution in [2.24, 2.45) is 5.41 Å². The summed E-state index contributed by atoms with van der Waals surface area (Å²) in [6.45, 7) is 5.46. The van der Waals surface area contributed by atoms with Gasteiger partial charge in [-0.05, 0) is 11.5 Å². The van der Waals surface area contributed by atoms with Crippen LogP contribution in [0.3, 0.4) is 0 Å². The fourth-order valence-corrected chi connectivity index (χ4v) is 1.22. The van der Waals surface area contributed by atoms with E-state index in [2.05, 4.69) is 14.9 Å². The van der Waals surface area contributed by atoms with Gasteiger partial charge in [-0.2, -0.15) is 0 Å². The van der Waals surface area contributed by atoms with Crippen molar-refractivity contribution in [3.63, 3.8) is 0 Å². The third-order valence-electron chi connectivity index (χ3n) is 1.84. The van der Waals surface area contributed by atoms with Gasteiger partial charge < -0.3 is 5.32 Å². The zero-order valence-electron chi connectivity index (χ0n) is 8.90. The third-order valence-corrected chi connectivity index (χ3v) is 2.34. The van der Waals surface area contributed by atoms with Crippen LogP contribution < -0.4 is 5.32 Å². The highest BCUT2D eigenvalue weighted by molar-refractivity contribution is 7.03. The Labute approximate surface area is 92.0 Å². The van der Waals surface area contributed by atoms with Crippen molar-refractivity contribution < 1.29 is 9.59 Å². The van der Waals surface area contributed by atoms with E-state index in [0.29, 0.717) is 0 Å². The van der Waals surface area contributed by atoms with Gasteiger partial charge in [-0.1, -0.05) is 25.3 Å². The summed E-state index contributed by atoms with van der Waals surface area (Å²) in [6.07, 6.45) is 0. The van der Waals surface area contributed by atoms with Crippen molar-refractivity contribution in [2.75, 3.05) is 6.54 Å². The second-order valence-electron chi connectivity index (χ2n) is 4.15. The van der Waals surface area contributed by atoms with Gasteiger partial charge in [-0.15, -0.1) is 5.10 Å². The Morgan fingerprint density at radius 3 is 2.60 bits per heavy atom. The van der Waals surface area contributed by atoms with Crippen LogP contribution in [-0.2, 0) is 4.79 Å². The van der Waals surface area contributed by atoms with Gasteiger partial charge in [0.25, 0.3) is 5.91 Å². The lowest BCUT2D eigenvalue weighted by Crippen LogP contribution is -2.35. The van der Waals surface area contributed by atoms with E-state index in [-0.39, 0.29) is 23.9 Å². The predicted molar refractivity (Wildman–Crippen MR) is 56.7 cm³/mol. The maximum atomic E-state index is 11.5. The predicted octanol–water partition coefficient (Wildman–Crippen LogP) is 0.883. The summed E-state index contributed by atoms with van der Waals surface area (Å²) >= 11 is 1.10. The van der Waals surface area contributed by atoms with E-state index in [9.17, 15) is 9.59 Å². The molecule has 1 rings (SSSR count). The number of hydrogen-bond acceptors (Lipinski definition) is 5. The van der Waals surface area contributed by atoms with Gasteiger partial charge in [0.05, 0.1) is 6.54 Å². The maximum Gasteiger partial charge on any atom is 0.273 e. The van der Waals surface area contributed by atoms with Gasteiger partial charge in [-0.25, -0.2) is 0 Å². The Bertz CT molecular complexity index is 354. The van der Waals surface area contributed by atoms with Crippen molar-refractivity contribution >= 4 is 23.2 Å². The number of hydrogen-bond donors (Lipinski definition) is 1. The SMILES string of the molecule is CC(C)(C)C(=O)CNC(=O)c1csnn1. The van der Waals surface area contributed by atoms with Crippen LogP contribution in [0.4, 0.5) is 0 Å². The molecule has 1 heterocycles. The molecule has 0 atom stereocenters. The first-order chi connectivity index (χ1) is 6.91. The lowest BCUT2D eigenvalue weighted by atomic mass is 9.91. The number of ketones is 1. The van der Waals surface area contributed by atoms with Crippen molar-refractivity contribution in [2.45, 2.75) is 20.8 Å². The van der Waals surface area contributed by atoms with Crippen LogP contribution in [0.5, 0.6) is 0 Å². The Kier molecular flexibility index (Phi) is 3.52. The number of Topliss-reactive ketones (excluding diaryl/α,β-unsaturated/α-hetero) is 1. The standard InChI is InChI=1S/C9H13N3O2S/c1-9(2,3)7(13)4-10-8(14)6-5-15-12-11-6/h5H,4H2,1-3H3,(H,10,14). The van der Waals surface area contributed by atoms with Crippen LogP contribution in [0.2, 0.25) is 0 Å². The molecular weight excluding hydrogens is 214 g/mol. The fourth-order valence-electron chi connectivity index (χ4n) is 0.780. The molecule has 0 unspecified atom stereocenters. The smallest absolute Gasteiger partial charge is 0.273 e. The Hall–Kier alpha value is -1.30. The molecule has 6 heteroatoms. The minimum atomic E-state index is -0.437. The molecule has 0 aliphatic rings. The summed E-state index contributed by atoms with van der Waals surface area (Å²) in [5, 5.41) is 7.65. The number of nitrogens with one attached hydrogen (secondary N) is 1. The molecule has 0 spiro atoms. The molecule has 82 valence electrons. The summed E-state index contributed by atoms with van der Waals surface area (Å²) in [5.74, 6) is -0.375. The summed E-state index contributed by atoms with van der Waals surface area (Å²) in [7, 11) is 0. The van der Waals surface area contributed by atoms with Gasteiger partial charge >= 0.3 is 0 Å². The number of amides is 1. The normalized spacial score (nSPS) is 11.1. The zero-order chi connectivity index (χ0) is 11.5. The molecular formula is C9H13N3O2S. The molecule has 1 aromatic heterocycles. The second-order valence-corrected chi connectivity index (χ2v) is 4.76. The van der Waals surface area contributed by atoms with Crippen molar-refractivity contribution in [1.29, 1.82) is 0 Å². The van der Waals surface area contributed by atoms with Gasteiger partial charge in [0.2, 0.25) is 0 Å². The van der Waals surface area contributed by atoms with Crippen molar-refractivity contribution in [1.82, 2.24) is 14.9 Å². The summed E-state index contributed by atoms with van der Waals surface area (Å²) in [5.41, 5.74) is -0.185. The van der Waals surface area contributed by atoms with Crippen molar-refractivity contribution in [3.05, 3.63) is 11.1 Å². The van der Waals surface area contributed by atoms with Crippen LogP contribution in [0.1, 0.15) is 31.3 Å². The zero-order valence-corrected chi connectivity index (χ0v) is 9.72. The van der Waals surface area contributed by atoms with E-state index < -0.39 is 5.41 Å². The highest BCUT2D eigenvalue weighted by Gasteiger charge is 2.21. The molecule has 0 aliphatic carbocycles. The Morgan fingerprint density at radius 1 is 1.47 bits per heavy atom. The first-order valence-electron chi connectivity index (χ1n) is 4.50. The molecule has 0 aliphatic heterocycles. The summed E-state index contributed by atoms with van der Waals surface area (Å²) in [6, 6.07) is 0. The molecule has 1 aromatic rings. The van der Waals surface area contributed by atoms with E-state index in [1.54, 1.807) is 0 Å². The number of carbonyl (C=O) groups excluding carboxylic acids is 2. The first kappa shape index (κ1) is 11.8. The second kappa shape index (κ2) is 4.48. The van der Waals surface area contributed by atoms with E-state index >= 15 is 0 Å². The van der Waals surface area contributed by atoms with E-state index in [1.807, 2.05) is 20.8 Å². The van der Waals surface area contributed by atoms with E-state index in [4.69, 9.17) is 0 Å². The number of rotatable bonds is 3. The molecule has 0 saturated carbocycles. The lowest BCUT2D eigenvalue weighted by molar-refractivity contribution is -0.125. The molecule has 1 amide bonds. The van der Waals surface area contributed by atoms with Crippen LogP contribution >= 0.6 is 11.5 Å². The monoisotopic (exact) mass is 227 g/mol. The number of nitrogens with zero attached hydrogens (tertiary/aromatic N) is 2. The van der Waals surface area contributed by atoms with E-state index in [0.717, 1.165) is 11.5 Å². The van der Waals surface area contributed by atoms with Crippen molar-refractivity contribution in [3.8, 4) is 0 Å². The molecule has 0 radical (unpaired) electrons. The fraction of sp³-hybridized carbons (Fsp3) is 0.556. The molecule has 0 saturated heterocycles. The van der Waals surface area contributed by atoms with E-state index in [1.165, 1.54) is 5.38 Å². The average Bonchev–Trinajstić information content (AvgIpc) is 2.64. The number of aromatic nitrogens is 2. The number of carbonyl (C=O) groups is 2. The molecule has 0 bridgehead atoms. The van der Waals surface area contributed by atoms with Crippen LogP contribution in [-0.4, -0.2) is 27.8 Å². The van der Waals surface area contributed by atoms with Crippen LogP contribution in [0, 0.1) is 5.41 Å². The largest absolute Gasteiger partial charge is 0.344 e. The Morgan fingerprint density at radius 2 is 2.13 bits per heavy atom. The minimum absolute atomic E-state index is 0.0148. The van der Waals surface area contributed by atoms with Gasteiger partial charge in [0.1, 0.15) is 0 Å². The Balaban J connectivity index is 2.45. The minimum Gasteiger partial charge on any atom is -0.344 e. The quantitative estimate of drug-likeness (QED) is 0.832. The molecule has 1 N–H and O–H groups in total. The summed E-state index contributed by atoms with van der Waals surface area (Å²) < 4.78 is 3.57. The summed E-state index contributed by atoms with van der Waals surface area (Å²) in [4.78, 5) is 22.9.